The maximum atomic E-state index is 10.5. The maximum absolute atomic E-state index is 10.5. The molecule has 0 aliphatic heterocycles. The standard InChI is InChI=1S/C9H12NO3P/c1-2-12-10(14-11)13-8-9-6-4-3-5-7-9/h3-7H,2,8H2,1H3. The Kier molecular flexibility index (Phi) is 5.33. The molecule has 14 heavy (non-hydrogen) atoms. The molecule has 0 heterocycles. The van der Waals surface area contributed by atoms with E-state index in [1.165, 1.54) is 0 Å². The molecule has 0 saturated heterocycles. The van der Waals surface area contributed by atoms with E-state index in [9.17, 15) is 4.57 Å². The summed E-state index contributed by atoms with van der Waals surface area (Å²) in [5, 5.41) is 0. The second-order valence-corrected chi connectivity index (χ2v) is 2.99. The number of benzene rings is 1. The molecule has 76 valence electrons. The van der Waals surface area contributed by atoms with E-state index in [4.69, 9.17) is 9.68 Å². The highest BCUT2D eigenvalue weighted by Crippen LogP contribution is 2.10. The van der Waals surface area contributed by atoms with Gasteiger partial charge in [0.05, 0.1) is 13.2 Å². The van der Waals surface area contributed by atoms with E-state index in [1.807, 2.05) is 30.3 Å². The molecule has 0 radical (unpaired) electrons. The molecule has 0 saturated carbocycles. The predicted octanol–water partition coefficient (Wildman–Crippen LogP) is 2.58. The highest BCUT2D eigenvalue weighted by Gasteiger charge is 2.04. The van der Waals surface area contributed by atoms with Gasteiger partial charge < -0.3 is 0 Å². The fourth-order valence-electron chi connectivity index (χ4n) is 0.899. The molecule has 1 aromatic rings. The van der Waals surface area contributed by atoms with Crippen LogP contribution in [-0.2, 0) is 20.8 Å². The van der Waals surface area contributed by atoms with Gasteiger partial charge in [0.1, 0.15) is 0 Å². The summed E-state index contributed by atoms with van der Waals surface area (Å²) in [5.41, 5.74) is 1.00. The van der Waals surface area contributed by atoms with Gasteiger partial charge in [0.25, 0.3) is 0 Å². The Balaban J connectivity index is 2.35. The van der Waals surface area contributed by atoms with Gasteiger partial charge in [0.2, 0.25) is 0 Å². The first-order chi connectivity index (χ1) is 6.86. The Morgan fingerprint density at radius 1 is 1.29 bits per heavy atom. The zero-order chi connectivity index (χ0) is 10.2. The number of nitrogens with zero attached hydrogens (tertiary/aromatic N) is 1. The van der Waals surface area contributed by atoms with Crippen LogP contribution in [0.4, 0.5) is 0 Å². The molecule has 1 rings (SSSR count). The van der Waals surface area contributed by atoms with Gasteiger partial charge in [-0.1, -0.05) is 30.3 Å². The summed E-state index contributed by atoms with van der Waals surface area (Å²) in [6, 6.07) is 9.60. The Bertz CT molecular complexity index is 268. The highest BCUT2D eigenvalue weighted by molar-refractivity contribution is 7.20. The normalized spacial score (nSPS) is 11.0. The van der Waals surface area contributed by atoms with Crippen LogP contribution in [0.25, 0.3) is 0 Å². The van der Waals surface area contributed by atoms with Gasteiger partial charge in [-0.2, -0.15) is 0 Å². The van der Waals surface area contributed by atoms with Crippen molar-refractivity contribution < 1.29 is 14.2 Å². The van der Waals surface area contributed by atoms with Crippen molar-refractivity contribution in [1.29, 1.82) is 0 Å². The minimum atomic E-state index is -0.301. The van der Waals surface area contributed by atoms with Gasteiger partial charge in [0, 0.05) is 5.00 Å². The first-order valence-electron chi connectivity index (χ1n) is 4.30. The maximum Gasteiger partial charge on any atom is 0.303 e. The molecule has 0 aliphatic rings. The molecular formula is C9H12NO3P. The quantitative estimate of drug-likeness (QED) is 0.537. The van der Waals surface area contributed by atoms with Gasteiger partial charge in [-0.15, -0.1) is 0 Å². The molecule has 0 spiro atoms. The van der Waals surface area contributed by atoms with Gasteiger partial charge in [0.15, 0.2) is 0 Å². The van der Waals surface area contributed by atoms with E-state index in [2.05, 4.69) is 0 Å². The summed E-state index contributed by atoms with van der Waals surface area (Å²) in [5.74, 6) is 0. The molecule has 0 atom stereocenters. The third-order valence-corrected chi connectivity index (χ3v) is 1.85. The fourth-order valence-corrected chi connectivity index (χ4v) is 1.17. The Morgan fingerprint density at radius 2 is 2.00 bits per heavy atom. The van der Waals surface area contributed by atoms with E-state index in [0.717, 1.165) is 10.6 Å². The summed E-state index contributed by atoms with van der Waals surface area (Å²) >= 11 is 0. The summed E-state index contributed by atoms with van der Waals surface area (Å²) < 4.78 is 10.5. The van der Waals surface area contributed by atoms with Crippen LogP contribution in [0.5, 0.6) is 0 Å². The summed E-state index contributed by atoms with van der Waals surface area (Å²) in [4.78, 5) is 10.9. The van der Waals surface area contributed by atoms with Crippen molar-refractivity contribution in [3.05, 3.63) is 35.9 Å². The smallest absolute Gasteiger partial charge is 0.264 e. The van der Waals surface area contributed by atoms with Crippen molar-refractivity contribution in [3.63, 3.8) is 0 Å². The third kappa shape index (κ3) is 3.94. The molecule has 0 fully saturated rings. The average molecular weight is 213 g/mol. The summed E-state index contributed by atoms with van der Waals surface area (Å²) in [7, 11) is -0.301. The highest BCUT2D eigenvalue weighted by atomic mass is 31.1. The van der Waals surface area contributed by atoms with Crippen LogP contribution < -0.4 is 0 Å². The molecule has 1 aromatic carbocycles. The SMILES string of the molecule is CCON(OCc1ccccc1)P=O. The Morgan fingerprint density at radius 3 is 2.57 bits per heavy atom. The molecular weight excluding hydrogens is 201 g/mol. The van der Waals surface area contributed by atoms with Crippen molar-refractivity contribution in [2.75, 3.05) is 6.61 Å². The van der Waals surface area contributed by atoms with E-state index in [1.54, 1.807) is 6.92 Å². The van der Waals surface area contributed by atoms with Gasteiger partial charge >= 0.3 is 8.61 Å². The van der Waals surface area contributed by atoms with Crippen LogP contribution in [0.15, 0.2) is 30.3 Å². The van der Waals surface area contributed by atoms with Gasteiger partial charge in [-0.05, 0) is 12.5 Å². The first kappa shape index (κ1) is 11.3. The second kappa shape index (κ2) is 6.62. The third-order valence-electron chi connectivity index (χ3n) is 1.49. The van der Waals surface area contributed by atoms with E-state index < -0.39 is 0 Å². The lowest BCUT2D eigenvalue weighted by molar-refractivity contribution is -0.303. The average Bonchev–Trinajstić information content (AvgIpc) is 2.25. The zero-order valence-electron chi connectivity index (χ0n) is 7.92. The summed E-state index contributed by atoms with van der Waals surface area (Å²) in [6.07, 6.45) is 0. The van der Waals surface area contributed by atoms with Crippen LogP contribution >= 0.6 is 8.61 Å². The number of hydrogen-bond acceptors (Lipinski definition) is 3. The molecule has 0 amide bonds. The lowest BCUT2D eigenvalue weighted by atomic mass is 10.2. The van der Waals surface area contributed by atoms with Gasteiger partial charge in [-0.25, -0.2) is 0 Å². The van der Waals surface area contributed by atoms with Crippen LogP contribution in [-0.4, -0.2) is 11.6 Å². The van der Waals surface area contributed by atoms with Crippen molar-refractivity contribution in [2.24, 2.45) is 0 Å². The largest absolute Gasteiger partial charge is 0.303 e. The lowest BCUT2D eigenvalue weighted by Crippen LogP contribution is -2.13. The molecule has 0 aliphatic carbocycles. The van der Waals surface area contributed by atoms with Crippen molar-refractivity contribution in [1.82, 2.24) is 5.00 Å². The fraction of sp³-hybridized carbons (Fsp3) is 0.333. The van der Waals surface area contributed by atoms with E-state index >= 15 is 0 Å². The Hall–Kier alpha value is -0.800. The topological polar surface area (TPSA) is 38.8 Å². The molecule has 0 unspecified atom stereocenters. The molecule has 0 bridgehead atoms. The summed E-state index contributed by atoms with van der Waals surface area (Å²) in [6.45, 7) is 2.56. The predicted molar refractivity (Wildman–Crippen MR) is 52.3 cm³/mol. The molecule has 0 N–H and O–H groups in total. The van der Waals surface area contributed by atoms with E-state index in [0.29, 0.717) is 13.2 Å². The molecule has 5 heteroatoms. The van der Waals surface area contributed by atoms with Crippen molar-refractivity contribution in [3.8, 4) is 0 Å². The van der Waals surface area contributed by atoms with Crippen LogP contribution in [0.2, 0.25) is 0 Å². The number of rotatable bonds is 6. The molecule has 0 aromatic heterocycles. The van der Waals surface area contributed by atoms with Crippen LogP contribution in [0, 0.1) is 0 Å². The molecule has 4 nitrogen and oxygen atoms in total. The van der Waals surface area contributed by atoms with Gasteiger partial charge in [-0.3, -0.25) is 14.2 Å². The van der Waals surface area contributed by atoms with Crippen LogP contribution in [0.3, 0.4) is 0 Å². The lowest BCUT2D eigenvalue weighted by Gasteiger charge is -2.11. The first-order valence-corrected chi connectivity index (χ1v) is 5.06. The monoisotopic (exact) mass is 213 g/mol. The minimum absolute atomic E-state index is 0.301. The zero-order valence-corrected chi connectivity index (χ0v) is 8.81. The van der Waals surface area contributed by atoms with E-state index in [-0.39, 0.29) is 8.61 Å². The Labute approximate surface area is 84.6 Å². The minimum Gasteiger partial charge on any atom is -0.264 e. The second-order valence-electron chi connectivity index (χ2n) is 2.50. The number of hydrogen-bond donors (Lipinski definition) is 0. The van der Waals surface area contributed by atoms with Crippen LogP contribution in [0.1, 0.15) is 12.5 Å². The van der Waals surface area contributed by atoms with Crippen molar-refractivity contribution >= 4 is 8.61 Å². The van der Waals surface area contributed by atoms with Crippen molar-refractivity contribution in [2.45, 2.75) is 13.5 Å².